The Morgan fingerprint density at radius 1 is 1.19 bits per heavy atom. The molecule has 0 N–H and O–H groups in total. The minimum Gasteiger partial charge on any atom is -0.466 e. The second kappa shape index (κ2) is 5.68. The van der Waals surface area contributed by atoms with Gasteiger partial charge < -0.3 is 4.74 Å². The van der Waals surface area contributed by atoms with Crippen LogP contribution >= 0.6 is 23.2 Å². The summed E-state index contributed by atoms with van der Waals surface area (Å²) in [7, 11) is 1.23. The first-order valence-electron chi connectivity index (χ1n) is 4.30. The maximum absolute atomic E-state index is 11.5. The molecule has 0 bridgehead atoms. The van der Waals surface area contributed by atoms with Crippen molar-refractivity contribution >= 4 is 35.0 Å². The van der Waals surface area contributed by atoms with Crippen molar-refractivity contribution in [3.63, 3.8) is 0 Å². The highest BCUT2D eigenvalue weighted by molar-refractivity contribution is 6.42. The van der Waals surface area contributed by atoms with Crippen LogP contribution in [0.4, 0.5) is 0 Å². The molecule has 0 atom stereocenters. The van der Waals surface area contributed by atoms with Gasteiger partial charge in [-0.05, 0) is 24.3 Å². The third-order valence-electron chi connectivity index (χ3n) is 1.78. The maximum atomic E-state index is 11.5. The Balaban J connectivity index is 2.85. The van der Waals surface area contributed by atoms with E-state index in [4.69, 9.17) is 23.2 Å². The van der Waals surface area contributed by atoms with Crippen molar-refractivity contribution in [1.82, 2.24) is 0 Å². The average Bonchev–Trinajstić information content (AvgIpc) is 2.29. The largest absolute Gasteiger partial charge is 0.466 e. The minimum atomic E-state index is -0.589. The monoisotopic (exact) mass is 258 g/mol. The van der Waals surface area contributed by atoms with Crippen molar-refractivity contribution < 1.29 is 14.3 Å². The molecule has 0 aliphatic rings. The van der Waals surface area contributed by atoms with Gasteiger partial charge in [-0.1, -0.05) is 23.2 Å². The summed E-state index contributed by atoms with van der Waals surface area (Å²) < 4.78 is 4.35. The first kappa shape index (κ1) is 12.7. The van der Waals surface area contributed by atoms with Crippen LogP contribution in [0.3, 0.4) is 0 Å². The van der Waals surface area contributed by atoms with Crippen molar-refractivity contribution in [1.29, 1.82) is 0 Å². The van der Waals surface area contributed by atoms with Gasteiger partial charge in [0.05, 0.1) is 17.2 Å². The number of ether oxygens (including phenoxy) is 1. The number of carbonyl (C=O) groups is 2. The fourth-order valence-electron chi connectivity index (χ4n) is 0.957. The first-order chi connectivity index (χ1) is 7.54. The molecule has 1 rings (SSSR count). The molecule has 0 saturated heterocycles. The zero-order valence-electron chi connectivity index (χ0n) is 8.37. The Bertz CT molecular complexity index is 453. The molecule has 0 unspecified atom stereocenters. The standard InChI is InChI=1S/C11H8Cl2O3/c1-16-11(15)5-4-10(14)7-2-3-8(12)9(13)6-7/h2-6H,1H3. The number of halogens is 2. The predicted octanol–water partition coefficient (Wildman–Crippen LogP) is 2.91. The van der Waals surface area contributed by atoms with E-state index in [1.807, 2.05) is 0 Å². The van der Waals surface area contributed by atoms with Crippen LogP contribution in [0, 0.1) is 0 Å². The quantitative estimate of drug-likeness (QED) is 0.476. The molecule has 0 spiro atoms. The van der Waals surface area contributed by atoms with Crippen LogP contribution in [-0.4, -0.2) is 18.9 Å². The number of hydrogen-bond donors (Lipinski definition) is 0. The molecule has 0 aliphatic heterocycles. The lowest BCUT2D eigenvalue weighted by Crippen LogP contribution is -1.98. The number of allylic oxidation sites excluding steroid dienone is 1. The summed E-state index contributed by atoms with van der Waals surface area (Å²) >= 11 is 11.4. The molecule has 0 aliphatic carbocycles. The number of ketones is 1. The van der Waals surface area contributed by atoms with Gasteiger partial charge in [-0.3, -0.25) is 4.79 Å². The Hall–Kier alpha value is -1.32. The highest BCUT2D eigenvalue weighted by Crippen LogP contribution is 2.22. The van der Waals surface area contributed by atoms with Gasteiger partial charge in [0.1, 0.15) is 0 Å². The van der Waals surface area contributed by atoms with Crippen LogP contribution in [0.2, 0.25) is 10.0 Å². The summed E-state index contributed by atoms with van der Waals surface area (Å²) in [5, 5.41) is 0.661. The summed E-state index contributed by atoms with van der Waals surface area (Å²) in [5.41, 5.74) is 0.356. The van der Waals surface area contributed by atoms with Gasteiger partial charge >= 0.3 is 5.97 Å². The van der Waals surface area contributed by atoms with Gasteiger partial charge in [-0.2, -0.15) is 0 Å². The molecular weight excluding hydrogens is 251 g/mol. The number of esters is 1. The summed E-state index contributed by atoms with van der Waals surface area (Å²) in [6.07, 6.45) is 2.16. The lowest BCUT2D eigenvalue weighted by molar-refractivity contribution is -0.134. The van der Waals surface area contributed by atoms with E-state index in [-0.39, 0.29) is 5.78 Å². The van der Waals surface area contributed by atoms with Crippen molar-refractivity contribution in [3.05, 3.63) is 46.0 Å². The molecule has 0 heterocycles. The SMILES string of the molecule is COC(=O)C=CC(=O)c1ccc(Cl)c(Cl)c1. The van der Waals surface area contributed by atoms with Gasteiger partial charge in [-0.25, -0.2) is 4.79 Å². The molecule has 5 heteroatoms. The summed E-state index contributed by atoms with van der Waals surface area (Å²) in [6, 6.07) is 4.48. The van der Waals surface area contributed by atoms with Gasteiger partial charge in [0.25, 0.3) is 0 Å². The van der Waals surface area contributed by atoms with E-state index in [0.717, 1.165) is 12.2 Å². The molecule has 0 radical (unpaired) electrons. The van der Waals surface area contributed by atoms with E-state index in [9.17, 15) is 9.59 Å². The molecular formula is C11H8Cl2O3. The maximum Gasteiger partial charge on any atom is 0.330 e. The van der Waals surface area contributed by atoms with Crippen LogP contribution in [0.1, 0.15) is 10.4 Å². The number of rotatable bonds is 3. The molecule has 0 aromatic heterocycles. The van der Waals surface area contributed by atoms with Crippen molar-refractivity contribution in [2.75, 3.05) is 7.11 Å². The van der Waals surface area contributed by atoms with Crippen molar-refractivity contribution in [3.8, 4) is 0 Å². The Morgan fingerprint density at radius 3 is 2.44 bits per heavy atom. The average molecular weight is 259 g/mol. The zero-order valence-corrected chi connectivity index (χ0v) is 9.88. The predicted molar refractivity (Wildman–Crippen MR) is 61.9 cm³/mol. The Morgan fingerprint density at radius 2 is 1.88 bits per heavy atom. The van der Waals surface area contributed by atoms with Crippen LogP contribution in [-0.2, 0) is 9.53 Å². The van der Waals surface area contributed by atoms with Gasteiger partial charge in [-0.15, -0.1) is 0 Å². The summed E-state index contributed by atoms with van der Waals surface area (Å²) in [6.45, 7) is 0. The van der Waals surface area contributed by atoms with Gasteiger partial charge in [0, 0.05) is 11.6 Å². The smallest absolute Gasteiger partial charge is 0.330 e. The van der Waals surface area contributed by atoms with E-state index in [1.54, 1.807) is 0 Å². The van der Waals surface area contributed by atoms with E-state index >= 15 is 0 Å². The third kappa shape index (κ3) is 3.36. The fraction of sp³-hybridized carbons (Fsp3) is 0.0909. The van der Waals surface area contributed by atoms with Crippen LogP contribution < -0.4 is 0 Å². The normalized spacial score (nSPS) is 10.4. The number of benzene rings is 1. The lowest BCUT2D eigenvalue weighted by Gasteiger charge is -1.98. The second-order valence-electron chi connectivity index (χ2n) is 2.85. The molecule has 0 amide bonds. The van der Waals surface area contributed by atoms with Gasteiger partial charge in [0.2, 0.25) is 0 Å². The first-order valence-corrected chi connectivity index (χ1v) is 5.05. The second-order valence-corrected chi connectivity index (χ2v) is 3.66. The molecule has 0 saturated carbocycles. The molecule has 1 aromatic carbocycles. The van der Waals surface area contributed by atoms with Crippen LogP contribution in [0.5, 0.6) is 0 Å². The van der Waals surface area contributed by atoms with E-state index in [1.165, 1.54) is 25.3 Å². The zero-order chi connectivity index (χ0) is 12.1. The third-order valence-corrected chi connectivity index (χ3v) is 2.52. The number of carbonyl (C=O) groups excluding carboxylic acids is 2. The Kier molecular flexibility index (Phi) is 4.52. The molecule has 1 aromatic rings. The summed E-state index contributed by atoms with van der Waals surface area (Å²) in [5.74, 6) is -0.933. The number of methoxy groups -OCH3 is 1. The van der Waals surface area contributed by atoms with E-state index in [2.05, 4.69) is 4.74 Å². The molecule has 0 fully saturated rings. The van der Waals surface area contributed by atoms with E-state index in [0.29, 0.717) is 15.6 Å². The molecule has 16 heavy (non-hydrogen) atoms. The fourth-order valence-corrected chi connectivity index (χ4v) is 1.26. The van der Waals surface area contributed by atoms with Crippen molar-refractivity contribution in [2.24, 2.45) is 0 Å². The van der Waals surface area contributed by atoms with Gasteiger partial charge in [0.15, 0.2) is 5.78 Å². The van der Waals surface area contributed by atoms with Crippen LogP contribution in [0.15, 0.2) is 30.4 Å². The summed E-state index contributed by atoms with van der Waals surface area (Å²) in [4.78, 5) is 22.3. The number of hydrogen-bond acceptors (Lipinski definition) is 3. The van der Waals surface area contributed by atoms with E-state index < -0.39 is 5.97 Å². The molecule has 3 nitrogen and oxygen atoms in total. The Labute approximate surface area is 103 Å². The van der Waals surface area contributed by atoms with Crippen LogP contribution in [0.25, 0.3) is 0 Å². The highest BCUT2D eigenvalue weighted by Gasteiger charge is 2.05. The van der Waals surface area contributed by atoms with Crippen molar-refractivity contribution in [2.45, 2.75) is 0 Å². The minimum absolute atomic E-state index is 0.291. The molecule has 84 valence electrons. The topological polar surface area (TPSA) is 43.4 Å². The lowest BCUT2D eigenvalue weighted by atomic mass is 10.1. The highest BCUT2D eigenvalue weighted by atomic mass is 35.5.